The van der Waals surface area contributed by atoms with Crippen LogP contribution in [0.5, 0.6) is 5.75 Å². The van der Waals surface area contributed by atoms with Gasteiger partial charge in [-0.15, -0.1) is 0 Å². The smallest absolute Gasteiger partial charge is 0.251 e. The van der Waals surface area contributed by atoms with Crippen LogP contribution in [0.1, 0.15) is 23.1 Å². The number of ether oxygens (including phenoxy) is 1. The fourth-order valence-electron chi connectivity index (χ4n) is 3.37. The number of nitrogens with zero attached hydrogens (tertiary/aromatic N) is 1. The summed E-state index contributed by atoms with van der Waals surface area (Å²) in [4.78, 5) is 17.7. The first kappa shape index (κ1) is 19.5. The Balaban J connectivity index is 1.65. The molecule has 0 aliphatic carbocycles. The highest BCUT2D eigenvalue weighted by molar-refractivity contribution is 5.98. The molecule has 3 aromatic carbocycles. The van der Waals surface area contributed by atoms with Gasteiger partial charge in [-0.1, -0.05) is 36.4 Å². The Morgan fingerprint density at radius 2 is 1.83 bits per heavy atom. The van der Waals surface area contributed by atoms with Gasteiger partial charge in [0.2, 0.25) is 0 Å². The Morgan fingerprint density at radius 1 is 1.03 bits per heavy atom. The molecule has 152 valence electrons. The molecule has 0 saturated heterocycles. The van der Waals surface area contributed by atoms with Crippen LogP contribution >= 0.6 is 0 Å². The SMILES string of the molecule is COc1ccc(C)cc1NC(=O)C(Nc1ccc2oc(C)nc2c1)c1ccccc1. The van der Waals surface area contributed by atoms with Crippen molar-refractivity contribution in [1.82, 2.24) is 4.98 Å². The van der Waals surface area contributed by atoms with Crippen LogP contribution in [0.2, 0.25) is 0 Å². The molecule has 1 amide bonds. The highest BCUT2D eigenvalue weighted by Gasteiger charge is 2.22. The second kappa shape index (κ2) is 8.29. The Morgan fingerprint density at radius 3 is 2.60 bits per heavy atom. The summed E-state index contributed by atoms with van der Waals surface area (Å²) in [6.07, 6.45) is 0. The number of amides is 1. The zero-order valence-corrected chi connectivity index (χ0v) is 17.1. The maximum Gasteiger partial charge on any atom is 0.251 e. The van der Waals surface area contributed by atoms with Crippen molar-refractivity contribution in [2.45, 2.75) is 19.9 Å². The number of benzene rings is 3. The average Bonchev–Trinajstić information content (AvgIpc) is 3.12. The van der Waals surface area contributed by atoms with Gasteiger partial charge in [-0.3, -0.25) is 4.79 Å². The number of methoxy groups -OCH3 is 1. The Bertz CT molecular complexity index is 1190. The van der Waals surface area contributed by atoms with E-state index in [1.54, 1.807) is 7.11 Å². The number of nitrogens with one attached hydrogen (secondary N) is 2. The van der Waals surface area contributed by atoms with E-state index in [1.807, 2.05) is 80.6 Å². The number of aryl methyl sites for hydroxylation is 2. The van der Waals surface area contributed by atoms with Gasteiger partial charge in [-0.2, -0.15) is 0 Å². The Hall–Kier alpha value is -3.80. The fourth-order valence-corrected chi connectivity index (χ4v) is 3.37. The quantitative estimate of drug-likeness (QED) is 0.462. The molecule has 4 aromatic rings. The first-order valence-corrected chi connectivity index (χ1v) is 9.67. The first-order chi connectivity index (χ1) is 14.5. The summed E-state index contributed by atoms with van der Waals surface area (Å²) in [6, 6.07) is 20.3. The number of hydrogen-bond donors (Lipinski definition) is 2. The molecule has 0 aliphatic rings. The third-order valence-corrected chi connectivity index (χ3v) is 4.81. The zero-order chi connectivity index (χ0) is 21.1. The van der Waals surface area contributed by atoms with E-state index >= 15 is 0 Å². The summed E-state index contributed by atoms with van der Waals surface area (Å²) in [5.41, 5.74) is 4.73. The van der Waals surface area contributed by atoms with Crippen LogP contribution in [-0.4, -0.2) is 18.0 Å². The lowest BCUT2D eigenvalue weighted by molar-refractivity contribution is -0.117. The molecule has 1 unspecified atom stereocenters. The standard InChI is InChI=1S/C24H23N3O3/c1-15-9-11-21(29-3)19(13-15)27-24(28)23(17-7-5-4-6-8-17)26-18-10-12-22-20(14-18)25-16(2)30-22/h4-14,23,26H,1-3H3,(H,27,28). The van der Waals surface area contributed by atoms with Gasteiger partial charge in [-0.25, -0.2) is 4.98 Å². The topological polar surface area (TPSA) is 76.4 Å². The fraction of sp³-hybridized carbons (Fsp3) is 0.167. The molecule has 0 radical (unpaired) electrons. The molecule has 6 nitrogen and oxygen atoms in total. The normalized spacial score (nSPS) is 11.8. The van der Waals surface area contributed by atoms with Crippen molar-refractivity contribution in [3.63, 3.8) is 0 Å². The van der Waals surface area contributed by atoms with Crippen molar-refractivity contribution in [3.05, 3.63) is 83.7 Å². The zero-order valence-electron chi connectivity index (χ0n) is 17.1. The summed E-state index contributed by atoms with van der Waals surface area (Å²) in [5.74, 6) is 1.02. The maximum atomic E-state index is 13.3. The van der Waals surface area contributed by atoms with E-state index in [1.165, 1.54) is 0 Å². The van der Waals surface area contributed by atoms with E-state index in [-0.39, 0.29) is 5.91 Å². The van der Waals surface area contributed by atoms with Crippen molar-refractivity contribution in [3.8, 4) is 5.75 Å². The molecule has 0 saturated carbocycles. The molecular formula is C24H23N3O3. The number of oxazole rings is 1. The van der Waals surface area contributed by atoms with E-state index in [2.05, 4.69) is 15.6 Å². The molecule has 2 N–H and O–H groups in total. The number of hydrogen-bond acceptors (Lipinski definition) is 5. The van der Waals surface area contributed by atoms with Crippen LogP contribution in [-0.2, 0) is 4.79 Å². The van der Waals surface area contributed by atoms with Gasteiger partial charge < -0.3 is 19.8 Å². The summed E-state index contributed by atoms with van der Waals surface area (Å²) >= 11 is 0. The second-order valence-electron chi connectivity index (χ2n) is 7.10. The van der Waals surface area contributed by atoms with Gasteiger partial charge >= 0.3 is 0 Å². The molecule has 0 fully saturated rings. The summed E-state index contributed by atoms with van der Waals surface area (Å²) < 4.78 is 10.9. The van der Waals surface area contributed by atoms with Crippen LogP contribution in [0.25, 0.3) is 11.1 Å². The van der Waals surface area contributed by atoms with E-state index in [0.717, 1.165) is 22.3 Å². The number of rotatable bonds is 6. The molecule has 1 atom stereocenters. The van der Waals surface area contributed by atoms with Crippen molar-refractivity contribution in [2.24, 2.45) is 0 Å². The van der Waals surface area contributed by atoms with E-state index < -0.39 is 6.04 Å². The van der Waals surface area contributed by atoms with Crippen LogP contribution in [0.3, 0.4) is 0 Å². The molecular weight excluding hydrogens is 378 g/mol. The maximum absolute atomic E-state index is 13.3. The third-order valence-electron chi connectivity index (χ3n) is 4.81. The predicted molar refractivity (Wildman–Crippen MR) is 118 cm³/mol. The highest BCUT2D eigenvalue weighted by Crippen LogP contribution is 2.29. The molecule has 6 heteroatoms. The third kappa shape index (κ3) is 4.12. The molecule has 0 spiro atoms. The summed E-state index contributed by atoms with van der Waals surface area (Å²) in [7, 11) is 1.59. The molecule has 0 aliphatic heterocycles. The lowest BCUT2D eigenvalue weighted by atomic mass is 10.1. The Kier molecular flexibility index (Phi) is 5.39. The highest BCUT2D eigenvalue weighted by atomic mass is 16.5. The molecule has 0 bridgehead atoms. The van der Waals surface area contributed by atoms with Gasteiger partial charge in [0, 0.05) is 12.6 Å². The van der Waals surface area contributed by atoms with Gasteiger partial charge in [-0.05, 0) is 48.4 Å². The number of carbonyl (C=O) groups excluding carboxylic acids is 1. The van der Waals surface area contributed by atoms with Crippen molar-refractivity contribution < 1.29 is 13.9 Å². The lowest BCUT2D eigenvalue weighted by Crippen LogP contribution is -2.27. The van der Waals surface area contributed by atoms with E-state index in [4.69, 9.17) is 9.15 Å². The number of fused-ring (bicyclic) bond motifs is 1. The minimum absolute atomic E-state index is 0.193. The number of anilines is 2. The Labute approximate surface area is 174 Å². The minimum Gasteiger partial charge on any atom is -0.495 e. The van der Waals surface area contributed by atoms with Crippen molar-refractivity contribution in [2.75, 3.05) is 17.7 Å². The molecule has 4 rings (SSSR count). The summed E-state index contributed by atoms with van der Waals surface area (Å²) in [5, 5.41) is 6.34. The second-order valence-corrected chi connectivity index (χ2v) is 7.10. The van der Waals surface area contributed by atoms with Crippen molar-refractivity contribution >= 4 is 28.4 Å². The van der Waals surface area contributed by atoms with Gasteiger partial charge in [0.15, 0.2) is 11.5 Å². The van der Waals surface area contributed by atoms with Crippen LogP contribution in [0.15, 0.2) is 71.1 Å². The van der Waals surface area contributed by atoms with E-state index in [0.29, 0.717) is 22.9 Å². The van der Waals surface area contributed by atoms with Crippen LogP contribution in [0, 0.1) is 13.8 Å². The van der Waals surface area contributed by atoms with Crippen LogP contribution < -0.4 is 15.4 Å². The van der Waals surface area contributed by atoms with Gasteiger partial charge in [0.25, 0.3) is 5.91 Å². The van der Waals surface area contributed by atoms with Gasteiger partial charge in [0.05, 0.1) is 12.8 Å². The molecule has 30 heavy (non-hydrogen) atoms. The predicted octanol–water partition coefficient (Wildman–Crippen LogP) is 5.25. The van der Waals surface area contributed by atoms with Crippen LogP contribution in [0.4, 0.5) is 11.4 Å². The van der Waals surface area contributed by atoms with Gasteiger partial charge in [0.1, 0.15) is 17.3 Å². The van der Waals surface area contributed by atoms with Crippen molar-refractivity contribution in [1.29, 1.82) is 0 Å². The summed E-state index contributed by atoms with van der Waals surface area (Å²) in [6.45, 7) is 3.78. The minimum atomic E-state index is -0.609. The van der Waals surface area contributed by atoms with E-state index in [9.17, 15) is 4.79 Å². The first-order valence-electron chi connectivity index (χ1n) is 9.67. The largest absolute Gasteiger partial charge is 0.495 e. The molecule has 1 aromatic heterocycles. The average molecular weight is 401 g/mol. The molecule has 1 heterocycles. The monoisotopic (exact) mass is 401 g/mol. The lowest BCUT2D eigenvalue weighted by Gasteiger charge is -2.21. The number of carbonyl (C=O) groups is 1. The number of aromatic nitrogens is 1.